The van der Waals surface area contributed by atoms with E-state index in [-0.39, 0.29) is 33.7 Å². The van der Waals surface area contributed by atoms with Crippen molar-refractivity contribution in [2.24, 2.45) is 0 Å². The average Bonchev–Trinajstić information content (AvgIpc) is 4.01. The lowest BCUT2D eigenvalue weighted by Gasteiger charge is -2.37. The van der Waals surface area contributed by atoms with Crippen LogP contribution in [0.25, 0.3) is 33.5 Å². The van der Waals surface area contributed by atoms with Crippen LogP contribution in [0.15, 0.2) is 144 Å². The summed E-state index contributed by atoms with van der Waals surface area (Å²) < 4.78 is 60.4. The average molecular weight is 1100 g/mol. The second kappa shape index (κ2) is 21.7. The number of aromatic nitrogens is 6. The SMILES string of the molecule is CN1CCN(C)C(c2ccc(Nc3ncc4ccc(-c5cccc(S(=O)(=O)NC(C)(C)C)c5)n4n3)cc2)C1=O.CN1CCN(C)C(c2ccc(Nc3ncc4ccc(-c5cccc(S(=O)(=O)NC(C)(C)C)c5)n4n3)cc2)C1=O. The molecule has 408 valence electrons. The van der Waals surface area contributed by atoms with Gasteiger partial charge in [0, 0.05) is 73.9 Å². The molecule has 0 saturated carbocycles. The third-order valence-corrected chi connectivity index (χ3v) is 16.7. The maximum Gasteiger partial charge on any atom is 0.245 e. The highest BCUT2D eigenvalue weighted by molar-refractivity contribution is 7.89. The topological polar surface area (TPSA) is 224 Å². The summed E-state index contributed by atoms with van der Waals surface area (Å²) in [5.41, 5.74) is 6.69. The van der Waals surface area contributed by atoms with Gasteiger partial charge in [-0.05, 0) is 140 Å². The number of likely N-dealkylation sites (N-methyl/N-ethyl adjacent to an activating group) is 4. The molecule has 6 heterocycles. The fraction of sp³-hybridized carbons (Fsp3) is 0.321. The molecule has 8 aromatic rings. The standard InChI is InChI=1S/2C28H33N7O3S/c2*1-28(2,3)32-39(37,38)23-8-6-7-20(17-23)24-14-13-22-18-29-27(31-35(22)24)30-21-11-9-19(10-12-21)25-26(36)34(5)16-15-33(25)4/h2*6-14,17-18,25,32H,15-16H2,1-5H3,(H,30,31). The summed E-state index contributed by atoms with van der Waals surface area (Å²) in [6, 6.07) is 36.0. The van der Waals surface area contributed by atoms with Crippen LogP contribution < -0.4 is 20.1 Å². The Morgan fingerprint density at radius 3 is 1.22 bits per heavy atom. The number of nitrogens with zero attached hydrogens (tertiary/aromatic N) is 10. The molecule has 2 saturated heterocycles. The van der Waals surface area contributed by atoms with Gasteiger partial charge in [0.25, 0.3) is 0 Å². The van der Waals surface area contributed by atoms with Crippen molar-refractivity contribution >= 4 is 66.2 Å². The summed E-state index contributed by atoms with van der Waals surface area (Å²) >= 11 is 0. The summed E-state index contributed by atoms with van der Waals surface area (Å²) in [5.74, 6) is 0.946. The van der Waals surface area contributed by atoms with Crippen LogP contribution in [0.1, 0.15) is 64.8 Å². The number of piperazine rings is 2. The van der Waals surface area contributed by atoms with E-state index in [1.807, 2.05) is 113 Å². The minimum Gasteiger partial charge on any atom is -0.343 e. The van der Waals surface area contributed by atoms with E-state index in [2.05, 4.69) is 50.0 Å². The van der Waals surface area contributed by atoms with Gasteiger partial charge in [0.2, 0.25) is 43.8 Å². The molecule has 0 spiro atoms. The van der Waals surface area contributed by atoms with Crippen molar-refractivity contribution in [3.05, 3.63) is 145 Å². The molecule has 0 radical (unpaired) electrons. The predicted molar refractivity (Wildman–Crippen MR) is 302 cm³/mol. The van der Waals surface area contributed by atoms with Crippen LogP contribution in [0.4, 0.5) is 23.3 Å². The Labute approximate surface area is 455 Å². The van der Waals surface area contributed by atoms with Crippen LogP contribution in [0.5, 0.6) is 0 Å². The smallest absolute Gasteiger partial charge is 0.245 e. The zero-order valence-corrected chi connectivity index (χ0v) is 47.1. The van der Waals surface area contributed by atoms with Crippen LogP contribution in [0.2, 0.25) is 0 Å². The monoisotopic (exact) mass is 1090 g/mol. The van der Waals surface area contributed by atoms with E-state index in [1.54, 1.807) is 109 Å². The molecule has 2 aliphatic rings. The number of anilines is 4. The Bertz CT molecular complexity index is 3500. The zero-order valence-electron chi connectivity index (χ0n) is 45.4. The summed E-state index contributed by atoms with van der Waals surface area (Å²) in [7, 11) is 0.220. The fourth-order valence-electron chi connectivity index (χ4n) is 9.36. The van der Waals surface area contributed by atoms with E-state index < -0.39 is 31.1 Å². The molecule has 0 aliphatic carbocycles. The van der Waals surface area contributed by atoms with Crippen molar-refractivity contribution in [2.45, 2.75) is 74.5 Å². The number of sulfonamides is 2. The molecular formula is C56H66N14O6S2. The van der Waals surface area contributed by atoms with Crippen molar-refractivity contribution in [2.75, 3.05) is 65.0 Å². The summed E-state index contributed by atoms with van der Waals surface area (Å²) in [4.78, 5) is 42.3. The molecule has 2 unspecified atom stereocenters. The number of hydrogen-bond acceptors (Lipinski definition) is 14. The molecule has 4 aromatic carbocycles. The third kappa shape index (κ3) is 12.4. The van der Waals surface area contributed by atoms with E-state index in [1.165, 1.54) is 0 Å². The number of amides is 2. The summed E-state index contributed by atoms with van der Waals surface area (Å²) in [6.45, 7) is 13.9. The number of fused-ring (bicyclic) bond motifs is 2. The van der Waals surface area contributed by atoms with Crippen LogP contribution >= 0.6 is 0 Å². The summed E-state index contributed by atoms with van der Waals surface area (Å²) in [5, 5.41) is 15.8. The van der Waals surface area contributed by atoms with Crippen LogP contribution in [0.3, 0.4) is 0 Å². The first kappa shape index (κ1) is 55.2. The number of carbonyl (C=O) groups is 2. The maximum atomic E-state index is 12.9. The van der Waals surface area contributed by atoms with E-state index in [4.69, 9.17) is 0 Å². The van der Waals surface area contributed by atoms with Gasteiger partial charge in [-0.2, -0.15) is 0 Å². The highest BCUT2D eigenvalue weighted by atomic mass is 32.2. The van der Waals surface area contributed by atoms with Gasteiger partial charge in [0.1, 0.15) is 12.1 Å². The van der Waals surface area contributed by atoms with Crippen LogP contribution in [-0.2, 0) is 29.6 Å². The molecule has 4 N–H and O–H groups in total. The van der Waals surface area contributed by atoms with Gasteiger partial charge in [-0.3, -0.25) is 19.4 Å². The Hall–Kier alpha value is -7.60. The molecule has 2 aliphatic heterocycles. The van der Waals surface area contributed by atoms with E-state index in [0.29, 0.717) is 23.0 Å². The highest BCUT2D eigenvalue weighted by Gasteiger charge is 2.33. The van der Waals surface area contributed by atoms with Crippen molar-refractivity contribution < 1.29 is 26.4 Å². The molecular weight excluding hydrogens is 1030 g/mol. The first-order valence-electron chi connectivity index (χ1n) is 25.5. The van der Waals surface area contributed by atoms with Crippen molar-refractivity contribution in [3.63, 3.8) is 0 Å². The molecule has 78 heavy (non-hydrogen) atoms. The lowest BCUT2D eigenvalue weighted by atomic mass is 10.0. The molecule has 2 atom stereocenters. The minimum atomic E-state index is -3.69. The lowest BCUT2D eigenvalue weighted by Crippen LogP contribution is -2.48. The zero-order chi connectivity index (χ0) is 55.9. The molecule has 22 heteroatoms. The number of hydrogen-bond donors (Lipinski definition) is 4. The second-order valence-electron chi connectivity index (χ2n) is 21.8. The van der Waals surface area contributed by atoms with Crippen LogP contribution in [-0.4, -0.2) is 143 Å². The number of benzene rings is 4. The molecule has 2 amide bonds. The number of rotatable bonds is 12. The first-order chi connectivity index (χ1) is 36.8. The molecule has 4 aromatic heterocycles. The third-order valence-electron chi connectivity index (χ3n) is 13.2. The Morgan fingerprint density at radius 2 is 0.859 bits per heavy atom. The van der Waals surface area contributed by atoms with Gasteiger partial charge in [-0.1, -0.05) is 48.5 Å². The van der Waals surface area contributed by atoms with Crippen molar-refractivity contribution in [1.29, 1.82) is 0 Å². The van der Waals surface area contributed by atoms with Crippen molar-refractivity contribution in [3.8, 4) is 22.5 Å². The lowest BCUT2D eigenvalue weighted by molar-refractivity contribution is -0.140. The van der Waals surface area contributed by atoms with Gasteiger partial charge in [-0.25, -0.2) is 45.3 Å². The Balaban J connectivity index is 0.000000190. The normalized spacial score (nSPS) is 17.1. The quantitative estimate of drug-likeness (QED) is 0.0941. The molecule has 2 fully saturated rings. The van der Waals surface area contributed by atoms with Gasteiger partial charge in [0.15, 0.2) is 0 Å². The molecule has 0 bridgehead atoms. The fourth-order valence-corrected chi connectivity index (χ4v) is 12.3. The van der Waals surface area contributed by atoms with Crippen molar-refractivity contribution in [1.82, 2.24) is 58.2 Å². The van der Waals surface area contributed by atoms with Crippen LogP contribution in [0, 0.1) is 0 Å². The Kier molecular flexibility index (Phi) is 15.3. The number of carbonyl (C=O) groups excluding carboxylic acids is 2. The largest absolute Gasteiger partial charge is 0.343 e. The number of nitrogens with one attached hydrogen (secondary N) is 4. The van der Waals surface area contributed by atoms with Gasteiger partial charge in [-0.15, -0.1) is 10.2 Å². The van der Waals surface area contributed by atoms with Gasteiger partial charge < -0.3 is 20.4 Å². The van der Waals surface area contributed by atoms with E-state index >= 15 is 0 Å². The Morgan fingerprint density at radius 1 is 0.487 bits per heavy atom. The minimum absolute atomic E-state index is 0.0874. The molecule has 20 nitrogen and oxygen atoms in total. The maximum absolute atomic E-state index is 12.9. The van der Waals surface area contributed by atoms with E-state index in [9.17, 15) is 26.4 Å². The predicted octanol–water partition coefficient (Wildman–Crippen LogP) is 7.32. The van der Waals surface area contributed by atoms with Gasteiger partial charge >= 0.3 is 0 Å². The highest BCUT2D eigenvalue weighted by Crippen LogP contribution is 2.31. The van der Waals surface area contributed by atoms with Gasteiger partial charge in [0.05, 0.1) is 44.6 Å². The molecule has 10 rings (SSSR count). The summed E-state index contributed by atoms with van der Waals surface area (Å²) in [6.07, 6.45) is 3.42. The first-order valence-corrected chi connectivity index (χ1v) is 28.4. The van der Waals surface area contributed by atoms with E-state index in [0.717, 1.165) is 71.1 Å². The second-order valence-corrected chi connectivity index (χ2v) is 25.2.